The maximum absolute atomic E-state index is 9.42. The Labute approximate surface area is 133 Å². The summed E-state index contributed by atoms with van der Waals surface area (Å²) < 4.78 is 0. The SMILES string of the molecule is CCCCCCCCCCc1nnc2ccccc2c1C#N. The van der Waals surface area contributed by atoms with Gasteiger partial charge in [-0.25, -0.2) is 0 Å². The second-order valence-corrected chi connectivity index (χ2v) is 5.88. The van der Waals surface area contributed by atoms with E-state index in [-0.39, 0.29) is 0 Å². The van der Waals surface area contributed by atoms with Crippen LogP contribution in [0.2, 0.25) is 0 Å². The standard InChI is InChI=1S/C19H25N3/c1-2-3-4-5-6-7-8-9-13-19-17(15-20)16-12-10-11-14-18(16)21-22-19/h10-12,14H,2-9,13H2,1H3. The number of unbranched alkanes of at least 4 members (excludes halogenated alkanes) is 7. The van der Waals surface area contributed by atoms with Gasteiger partial charge in [-0.05, 0) is 18.9 Å². The van der Waals surface area contributed by atoms with E-state index in [4.69, 9.17) is 0 Å². The van der Waals surface area contributed by atoms with E-state index in [2.05, 4.69) is 23.2 Å². The summed E-state index contributed by atoms with van der Waals surface area (Å²) in [6, 6.07) is 10.1. The fraction of sp³-hybridized carbons (Fsp3) is 0.526. The Morgan fingerprint density at radius 3 is 2.32 bits per heavy atom. The van der Waals surface area contributed by atoms with Crippen LogP contribution in [0.15, 0.2) is 24.3 Å². The molecule has 0 aliphatic carbocycles. The van der Waals surface area contributed by atoms with Gasteiger partial charge in [-0.15, -0.1) is 0 Å². The van der Waals surface area contributed by atoms with E-state index in [0.29, 0.717) is 5.56 Å². The summed E-state index contributed by atoms with van der Waals surface area (Å²) in [5, 5.41) is 18.8. The molecule has 0 spiro atoms. The summed E-state index contributed by atoms with van der Waals surface area (Å²) in [4.78, 5) is 0. The first-order valence-electron chi connectivity index (χ1n) is 8.51. The molecule has 0 amide bonds. The van der Waals surface area contributed by atoms with Crippen molar-refractivity contribution in [3.63, 3.8) is 0 Å². The topological polar surface area (TPSA) is 49.6 Å². The second-order valence-electron chi connectivity index (χ2n) is 5.88. The third kappa shape index (κ3) is 4.53. The van der Waals surface area contributed by atoms with Gasteiger partial charge in [-0.3, -0.25) is 0 Å². The van der Waals surface area contributed by atoms with E-state index in [1.807, 2.05) is 24.3 Å². The van der Waals surface area contributed by atoms with Crippen molar-refractivity contribution in [1.29, 1.82) is 5.26 Å². The van der Waals surface area contributed by atoms with Crippen LogP contribution < -0.4 is 0 Å². The van der Waals surface area contributed by atoms with Crippen molar-refractivity contribution in [2.45, 2.75) is 64.7 Å². The maximum atomic E-state index is 9.42. The molecule has 3 heteroatoms. The van der Waals surface area contributed by atoms with Crippen LogP contribution in [0.25, 0.3) is 10.9 Å². The average Bonchev–Trinajstić information content (AvgIpc) is 2.56. The zero-order chi connectivity index (χ0) is 15.6. The first-order chi connectivity index (χ1) is 10.9. The molecule has 0 N–H and O–H groups in total. The van der Waals surface area contributed by atoms with Gasteiger partial charge >= 0.3 is 0 Å². The zero-order valence-corrected chi connectivity index (χ0v) is 13.5. The molecular weight excluding hydrogens is 270 g/mol. The molecule has 2 aromatic rings. The molecule has 1 heterocycles. The normalized spacial score (nSPS) is 10.7. The molecule has 2 rings (SSSR count). The highest BCUT2D eigenvalue weighted by Crippen LogP contribution is 2.19. The lowest BCUT2D eigenvalue weighted by molar-refractivity contribution is 0.573. The van der Waals surface area contributed by atoms with Crippen LogP contribution >= 0.6 is 0 Å². The number of benzene rings is 1. The van der Waals surface area contributed by atoms with E-state index in [9.17, 15) is 5.26 Å². The Bertz CT molecular complexity index is 628. The Morgan fingerprint density at radius 2 is 1.59 bits per heavy atom. The molecule has 22 heavy (non-hydrogen) atoms. The molecule has 0 aliphatic rings. The van der Waals surface area contributed by atoms with Crippen LogP contribution in [0.4, 0.5) is 0 Å². The molecular formula is C19H25N3. The van der Waals surface area contributed by atoms with E-state index in [1.54, 1.807) is 0 Å². The van der Waals surface area contributed by atoms with E-state index < -0.39 is 0 Å². The van der Waals surface area contributed by atoms with E-state index >= 15 is 0 Å². The van der Waals surface area contributed by atoms with Crippen LogP contribution in [0, 0.1) is 11.3 Å². The highest BCUT2D eigenvalue weighted by atomic mass is 15.1. The quantitative estimate of drug-likeness (QED) is 0.598. The monoisotopic (exact) mass is 295 g/mol. The molecule has 1 aromatic carbocycles. The summed E-state index contributed by atoms with van der Waals surface area (Å²) in [7, 11) is 0. The minimum atomic E-state index is 0.702. The smallest absolute Gasteiger partial charge is 0.102 e. The number of rotatable bonds is 9. The van der Waals surface area contributed by atoms with Gasteiger partial charge in [0, 0.05) is 5.39 Å². The van der Waals surface area contributed by atoms with Gasteiger partial charge < -0.3 is 0 Å². The fourth-order valence-electron chi connectivity index (χ4n) is 2.82. The summed E-state index contributed by atoms with van der Waals surface area (Å²) in [5.74, 6) is 0. The largest absolute Gasteiger partial charge is 0.192 e. The molecule has 0 unspecified atom stereocenters. The maximum Gasteiger partial charge on any atom is 0.102 e. The van der Waals surface area contributed by atoms with Crippen LogP contribution in [-0.4, -0.2) is 10.2 Å². The van der Waals surface area contributed by atoms with Gasteiger partial charge in [0.1, 0.15) is 6.07 Å². The van der Waals surface area contributed by atoms with Crippen molar-refractivity contribution in [1.82, 2.24) is 10.2 Å². The molecule has 0 aliphatic heterocycles. The van der Waals surface area contributed by atoms with Crippen molar-refractivity contribution in [2.75, 3.05) is 0 Å². The predicted octanol–water partition coefficient (Wildman–Crippen LogP) is 5.18. The molecule has 116 valence electrons. The number of hydrogen-bond donors (Lipinski definition) is 0. The third-order valence-corrected chi connectivity index (χ3v) is 4.12. The first-order valence-corrected chi connectivity index (χ1v) is 8.51. The minimum Gasteiger partial charge on any atom is -0.192 e. The van der Waals surface area contributed by atoms with Gasteiger partial charge in [0.05, 0.1) is 16.8 Å². The summed E-state index contributed by atoms with van der Waals surface area (Å²) in [6.45, 7) is 2.25. The third-order valence-electron chi connectivity index (χ3n) is 4.12. The minimum absolute atomic E-state index is 0.702. The molecule has 3 nitrogen and oxygen atoms in total. The number of aryl methyl sites for hydroxylation is 1. The number of hydrogen-bond acceptors (Lipinski definition) is 3. The Balaban J connectivity index is 1.83. The Kier molecular flexibility index (Phi) is 6.83. The Hall–Kier alpha value is -1.95. The Morgan fingerprint density at radius 1 is 0.909 bits per heavy atom. The lowest BCUT2D eigenvalue weighted by Gasteiger charge is -2.05. The summed E-state index contributed by atoms with van der Waals surface area (Å²) in [6.07, 6.45) is 11.2. The predicted molar refractivity (Wildman–Crippen MR) is 90.6 cm³/mol. The van der Waals surface area contributed by atoms with E-state index in [0.717, 1.165) is 29.4 Å². The molecule has 0 bridgehead atoms. The molecule has 0 atom stereocenters. The highest BCUT2D eigenvalue weighted by Gasteiger charge is 2.09. The van der Waals surface area contributed by atoms with Crippen LogP contribution in [0.5, 0.6) is 0 Å². The summed E-state index contributed by atoms with van der Waals surface area (Å²) >= 11 is 0. The van der Waals surface area contributed by atoms with E-state index in [1.165, 1.54) is 44.9 Å². The van der Waals surface area contributed by atoms with Gasteiger partial charge in [0.15, 0.2) is 0 Å². The molecule has 0 saturated carbocycles. The summed E-state index contributed by atoms with van der Waals surface area (Å²) in [5.41, 5.74) is 2.36. The van der Waals surface area contributed by atoms with Gasteiger partial charge in [0.2, 0.25) is 0 Å². The first kappa shape index (κ1) is 16.4. The highest BCUT2D eigenvalue weighted by molar-refractivity contribution is 5.84. The number of nitrogens with zero attached hydrogens (tertiary/aromatic N) is 3. The van der Waals surface area contributed by atoms with Crippen molar-refractivity contribution < 1.29 is 0 Å². The fourth-order valence-corrected chi connectivity index (χ4v) is 2.82. The number of nitriles is 1. The second kappa shape index (κ2) is 9.15. The molecule has 0 fully saturated rings. The van der Waals surface area contributed by atoms with Crippen molar-refractivity contribution in [3.8, 4) is 6.07 Å². The molecule has 0 saturated heterocycles. The van der Waals surface area contributed by atoms with Crippen molar-refractivity contribution in [3.05, 3.63) is 35.5 Å². The van der Waals surface area contributed by atoms with Crippen LogP contribution in [0.3, 0.4) is 0 Å². The lowest BCUT2D eigenvalue weighted by atomic mass is 10.0. The zero-order valence-electron chi connectivity index (χ0n) is 13.5. The molecule has 0 radical (unpaired) electrons. The molecule has 1 aromatic heterocycles. The van der Waals surface area contributed by atoms with Gasteiger partial charge in [-0.1, -0.05) is 70.1 Å². The van der Waals surface area contributed by atoms with Crippen molar-refractivity contribution in [2.24, 2.45) is 0 Å². The number of fused-ring (bicyclic) bond motifs is 1. The van der Waals surface area contributed by atoms with Gasteiger partial charge in [0.25, 0.3) is 0 Å². The van der Waals surface area contributed by atoms with Gasteiger partial charge in [-0.2, -0.15) is 15.5 Å². The number of aromatic nitrogens is 2. The van der Waals surface area contributed by atoms with Crippen molar-refractivity contribution >= 4 is 10.9 Å². The average molecular weight is 295 g/mol. The lowest BCUT2D eigenvalue weighted by Crippen LogP contribution is -1.99. The van der Waals surface area contributed by atoms with Crippen LogP contribution in [0.1, 0.15) is 69.5 Å². The van der Waals surface area contributed by atoms with Crippen LogP contribution in [-0.2, 0) is 6.42 Å².